The standard InChI is InChI=1S/C19H24FN3O3/c1-13-16(14-8-4-5-9-15(14)20)26-23-17(13)22-18(24)21-12-19(25)10-6-2-3-7-11-19/h4-5,8-9,25H,2-3,6-7,10-12H2,1H3,(H2,21,22,23,24). The molecule has 3 N–H and O–H groups in total. The number of benzene rings is 1. The molecule has 1 saturated carbocycles. The third kappa shape index (κ3) is 4.22. The van der Waals surface area contributed by atoms with Gasteiger partial charge in [0.25, 0.3) is 0 Å². The van der Waals surface area contributed by atoms with E-state index in [4.69, 9.17) is 4.52 Å². The predicted molar refractivity (Wildman–Crippen MR) is 96.3 cm³/mol. The minimum absolute atomic E-state index is 0.190. The van der Waals surface area contributed by atoms with E-state index in [9.17, 15) is 14.3 Å². The minimum atomic E-state index is -0.856. The van der Waals surface area contributed by atoms with Gasteiger partial charge in [-0.05, 0) is 31.9 Å². The predicted octanol–water partition coefficient (Wildman–Crippen LogP) is 4.00. The number of anilines is 1. The normalized spacial score (nSPS) is 16.7. The van der Waals surface area contributed by atoms with Gasteiger partial charge < -0.3 is 14.9 Å². The summed E-state index contributed by atoms with van der Waals surface area (Å²) in [5.74, 6) is 0.0905. The molecule has 26 heavy (non-hydrogen) atoms. The molecule has 0 aliphatic heterocycles. The number of hydrogen-bond acceptors (Lipinski definition) is 4. The molecule has 1 aliphatic rings. The van der Waals surface area contributed by atoms with E-state index < -0.39 is 17.4 Å². The van der Waals surface area contributed by atoms with E-state index >= 15 is 0 Å². The van der Waals surface area contributed by atoms with Crippen molar-refractivity contribution in [3.63, 3.8) is 0 Å². The highest BCUT2D eigenvalue weighted by molar-refractivity contribution is 5.89. The maximum absolute atomic E-state index is 13.9. The number of nitrogens with zero attached hydrogens (tertiary/aromatic N) is 1. The van der Waals surface area contributed by atoms with E-state index in [0.717, 1.165) is 25.7 Å². The van der Waals surface area contributed by atoms with Crippen LogP contribution < -0.4 is 10.6 Å². The van der Waals surface area contributed by atoms with Crippen molar-refractivity contribution in [2.24, 2.45) is 0 Å². The van der Waals surface area contributed by atoms with E-state index in [1.807, 2.05) is 0 Å². The smallest absolute Gasteiger partial charge is 0.320 e. The number of carbonyl (C=O) groups is 1. The third-order valence-electron chi connectivity index (χ3n) is 4.89. The summed E-state index contributed by atoms with van der Waals surface area (Å²) >= 11 is 0. The zero-order valence-corrected chi connectivity index (χ0v) is 14.8. The maximum Gasteiger partial charge on any atom is 0.320 e. The molecule has 0 atom stereocenters. The Morgan fingerprint density at radius 3 is 2.65 bits per heavy atom. The van der Waals surface area contributed by atoms with Crippen LogP contribution in [-0.4, -0.2) is 28.4 Å². The molecule has 1 fully saturated rings. The monoisotopic (exact) mass is 361 g/mol. The topological polar surface area (TPSA) is 87.4 Å². The second-order valence-corrected chi connectivity index (χ2v) is 6.91. The Hall–Kier alpha value is -2.41. The Bertz CT molecular complexity index is 767. The highest BCUT2D eigenvalue weighted by Gasteiger charge is 2.28. The number of hydrogen-bond donors (Lipinski definition) is 3. The van der Waals surface area contributed by atoms with Gasteiger partial charge in [-0.1, -0.05) is 43.0 Å². The van der Waals surface area contributed by atoms with Crippen LogP contribution in [0.1, 0.15) is 44.1 Å². The lowest BCUT2D eigenvalue weighted by Gasteiger charge is -2.26. The number of urea groups is 1. The molecule has 1 heterocycles. The fourth-order valence-electron chi connectivity index (χ4n) is 3.31. The average Bonchev–Trinajstić information content (AvgIpc) is 2.83. The molecule has 2 amide bonds. The van der Waals surface area contributed by atoms with Gasteiger partial charge in [-0.2, -0.15) is 0 Å². The van der Waals surface area contributed by atoms with Crippen LogP contribution in [0.15, 0.2) is 28.8 Å². The van der Waals surface area contributed by atoms with Gasteiger partial charge in [0.1, 0.15) is 5.82 Å². The Morgan fingerprint density at radius 2 is 1.96 bits per heavy atom. The lowest BCUT2D eigenvalue weighted by molar-refractivity contribution is 0.0281. The number of halogens is 1. The van der Waals surface area contributed by atoms with Crippen molar-refractivity contribution in [1.82, 2.24) is 10.5 Å². The molecule has 0 bridgehead atoms. The average molecular weight is 361 g/mol. The quantitative estimate of drug-likeness (QED) is 0.719. The number of aromatic nitrogens is 1. The summed E-state index contributed by atoms with van der Waals surface area (Å²) in [6.07, 6.45) is 5.54. The Balaban J connectivity index is 1.62. The largest absolute Gasteiger partial charge is 0.388 e. The molecular weight excluding hydrogens is 337 g/mol. The second-order valence-electron chi connectivity index (χ2n) is 6.91. The second kappa shape index (κ2) is 7.86. The van der Waals surface area contributed by atoms with Crippen LogP contribution in [0, 0.1) is 12.7 Å². The van der Waals surface area contributed by atoms with E-state index in [-0.39, 0.29) is 18.1 Å². The SMILES string of the molecule is Cc1c(NC(=O)NCC2(O)CCCCCC2)noc1-c1ccccc1F. The molecule has 0 unspecified atom stereocenters. The molecule has 1 aromatic heterocycles. The minimum Gasteiger partial charge on any atom is -0.388 e. The Labute approximate surface area is 151 Å². The summed E-state index contributed by atoms with van der Waals surface area (Å²) < 4.78 is 19.1. The fourth-order valence-corrected chi connectivity index (χ4v) is 3.31. The summed E-state index contributed by atoms with van der Waals surface area (Å²) in [5.41, 5.74) is -0.0254. The van der Waals surface area contributed by atoms with E-state index in [2.05, 4.69) is 15.8 Å². The molecular formula is C19H24FN3O3. The molecule has 1 aromatic carbocycles. The van der Waals surface area contributed by atoms with E-state index in [1.54, 1.807) is 25.1 Å². The summed E-state index contributed by atoms with van der Waals surface area (Å²) in [6.45, 7) is 1.89. The van der Waals surface area contributed by atoms with Gasteiger partial charge >= 0.3 is 6.03 Å². The van der Waals surface area contributed by atoms with Crippen molar-refractivity contribution < 1.29 is 18.8 Å². The van der Waals surface area contributed by atoms with Gasteiger partial charge in [0.05, 0.1) is 11.2 Å². The molecule has 3 rings (SSSR count). The Kier molecular flexibility index (Phi) is 5.56. The van der Waals surface area contributed by atoms with Crippen LogP contribution in [0.3, 0.4) is 0 Å². The highest BCUT2D eigenvalue weighted by Crippen LogP contribution is 2.30. The van der Waals surface area contributed by atoms with Crippen LogP contribution in [0.25, 0.3) is 11.3 Å². The van der Waals surface area contributed by atoms with Gasteiger partial charge in [-0.15, -0.1) is 0 Å². The molecule has 6 nitrogen and oxygen atoms in total. The first-order valence-corrected chi connectivity index (χ1v) is 8.97. The summed E-state index contributed by atoms with van der Waals surface area (Å²) in [6, 6.07) is 5.75. The van der Waals surface area contributed by atoms with Crippen molar-refractivity contribution in [2.45, 2.75) is 51.0 Å². The fraction of sp³-hybridized carbons (Fsp3) is 0.474. The zero-order chi connectivity index (χ0) is 18.6. The highest BCUT2D eigenvalue weighted by atomic mass is 19.1. The van der Waals surface area contributed by atoms with Crippen molar-refractivity contribution in [3.8, 4) is 11.3 Å². The number of rotatable bonds is 4. The first-order chi connectivity index (χ1) is 12.5. The van der Waals surface area contributed by atoms with Crippen LogP contribution in [0.5, 0.6) is 0 Å². The molecule has 0 radical (unpaired) electrons. The lowest BCUT2D eigenvalue weighted by Crippen LogP contribution is -2.44. The van der Waals surface area contributed by atoms with Crippen LogP contribution in [0.4, 0.5) is 15.0 Å². The van der Waals surface area contributed by atoms with Gasteiger partial charge in [0.15, 0.2) is 11.6 Å². The lowest BCUT2D eigenvalue weighted by atomic mass is 9.95. The summed E-state index contributed by atoms with van der Waals surface area (Å²) in [7, 11) is 0. The number of nitrogens with one attached hydrogen (secondary N) is 2. The van der Waals surface area contributed by atoms with Crippen molar-refractivity contribution in [3.05, 3.63) is 35.6 Å². The van der Waals surface area contributed by atoms with Gasteiger partial charge in [0, 0.05) is 12.1 Å². The molecule has 0 saturated heterocycles. The Morgan fingerprint density at radius 1 is 1.27 bits per heavy atom. The summed E-state index contributed by atoms with van der Waals surface area (Å²) in [5, 5.41) is 19.7. The zero-order valence-electron chi connectivity index (χ0n) is 14.8. The number of carbonyl (C=O) groups excluding carboxylic acids is 1. The van der Waals surface area contributed by atoms with E-state index in [0.29, 0.717) is 24.0 Å². The van der Waals surface area contributed by atoms with Crippen molar-refractivity contribution in [2.75, 3.05) is 11.9 Å². The van der Waals surface area contributed by atoms with Gasteiger partial charge in [0.2, 0.25) is 0 Å². The van der Waals surface area contributed by atoms with Gasteiger partial charge in [-0.25, -0.2) is 9.18 Å². The van der Waals surface area contributed by atoms with Crippen LogP contribution in [0.2, 0.25) is 0 Å². The van der Waals surface area contributed by atoms with E-state index in [1.165, 1.54) is 6.07 Å². The van der Waals surface area contributed by atoms with Crippen molar-refractivity contribution >= 4 is 11.8 Å². The van der Waals surface area contributed by atoms with Gasteiger partial charge in [-0.3, -0.25) is 5.32 Å². The van der Waals surface area contributed by atoms with Crippen LogP contribution >= 0.6 is 0 Å². The molecule has 7 heteroatoms. The molecule has 0 spiro atoms. The maximum atomic E-state index is 13.9. The third-order valence-corrected chi connectivity index (χ3v) is 4.89. The molecule has 1 aliphatic carbocycles. The number of amides is 2. The van der Waals surface area contributed by atoms with Crippen LogP contribution in [-0.2, 0) is 0 Å². The first-order valence-electron chi connectivity index (χ1n) is 8.97. The molecule has 2 aromatic rings. The first kappa shape index (κ1) is 18.4. The summed E-state index contributed by atoms with van der Waals surface area (Å²) in [4.78, 5) is 12.2. The van der Waals surface area contributed by atoms with Crippen molar-refractivity contribution in [1.29, 1.82) is 0 Å². The molecule has 140 valence electrons. The number of aliphatic hydroxyl groups is 1.